The second kappa shape index (κ2) is 9.89. The van der Waals surface area contributed by atoms with Gasteiger partial charge in [0.2, 0.25) is 14.4 Å². The van der Waals surface area contributed by atoms with Gasteiger partial charge in [-0.1, -0.05) is 12.1 Å². The van der Waals surface area contributed by atoms with Crippen LogP contribution in [0.4, 0.5) is 17.5 Å². The molecule has 188 valence electrons. The van der Waals surface area contributed by atoms with Gasteiger partial charge in [-0.05, 0) is 51.7 Å². The quantitative estimate of drug-likeness (QED) is 0.238. The highest BCUT2D eigenvalue weighted by atomic mass is 31.2. The number of benzene rings is 1. The van der Waals surface area contributed by atoms with Crippen LogP contribution in [0, 0.1) is 0 Å². The Morgan fingerprint density at radius 2 is 1.83 bits per heavy atom. The molecule has 12 nitrogen and oxygen atoms in total. The van der Waals surface area contributed by atoms with Crippen molar-refractivity contribution in [3.8, 4) is 0 Å². The molecule has 0 spiro atoms. The molecule has 1 unspecified atom stereocenters. The number of nitrogens with one attached hydrogen (secondary N) is 2. The van der Waals surface area contributed by atoms with Gasteiger partial charge >= 0.3 is 7.60 Å². The molecule has 2 heterocycles. The molecule has 0 amide bonds. The van der Waals surface area contributed by atoms with Crippen LogP contribution in [0.25, 0.3) is 11.2 Å². The maximum absolute atomic E-state index is 11.7. The lowest BCUT2D eigenvalue weighted by Gasteiger charge is -2.27. The van der Waals surface area contributed by atoms with Crippen LogP contribution in [0.3, 0.4) is 0 Å². The van der Waals surface area contributed by atoms with Gasteiger partial charge in [0.05, 0.1) is 6.33 Å². The molecule has 1 aliphatic carbocycles. The van der Waals surface area contributed by atoms with E-state index in [2.05, 4.69) is 20.6 Å². The van der Waals surface area contributed by atoms with Gasteiger partial charge < -0.3 is 35.8 Å². The molecule has 0 aliphatic heterocycles. The summed E-state index contributed by atoms with van der Waals surface area (Å²) in [5, 5.41) is 14.0. The molecule has 1 fully saturated rings. The van der Waals surface area contributed by atoms with Gasteiger partial charge in [0, 0.05) is 29.4 Å². The highest BCUT2D eigenvalue weighted by Crippen LogP contribution is 2.61. The Hall–Kier alpha value is -2.46. The third-order valence-corrected chi connectivity index (χ3v) is 8.76. The standard InChI is InChI=1S/C21H29N7O5P2/c1-12(2)28-11-23-17-18(26-20(27-19(17)28)25-16-9-5-14(22)6-10-16)24-15-7-3-13(4-8-15)21(29,34-30)35(31,32)33/h3-4,7-8,11-12,14,16,29H,5-6,9-10,22H2,1-2H3,(H2,31,32,33)(H2,24,25,26,27). The average molecular weight is 521 g/mol. The summed E-state index contributed by atoms with van der Waals surface area (Å²) in [7, 11) is -6.20. The molecule has 0 radical (unpaired) electrons. The minimum Gasteiger partial charge on any atom is -0.364 e. The molecule has 3 aromatic rings. The normalized spacial score (nSPS) is 20.8. The Morgan fingerprint density at radius 3 is 2.40 bits per heavy atom. The molecule has 1 saturated carbocycles. The first kappa shape index (κ1) is 25.6. The zero-order valence-electron chi connectivity index (χ0n) is 19.4. The average Bonchev–Trinajstić information content (AvgIpc) is 3.24. The summed E-state index contributed by atoms with van der Waals surface area (Å²) in [5.41, 5.74) is 7.59. The van der Waals surface area contributed by atoms with Crippen LogP contribution in [0.1, 0.15) is 51.1 Å². The van der Waals surface area contributed by atoms with Crippen LogP contribution in [0.2, 0.25) is 0 Å². The maximum atomic E-state index is 11.7. The number of hydrogen-bond acceptors (Lipinski definition) is 9. The Balaban J connectivity index is 1.66. The number of fused-ring (bicyclic) bond motifs is 1. The lowest BCUT2D eigenvalue weighted by molar-refractivity contribution is 0.168. The van der Waals surface area contributed by atoms with E-state index in [0.29, 0.717) is 28.6 Å². The van der Waals surface area contributed by atoms with E-state index >= 15 is 0 Å². The zero-order valence-corrected chi connectivity index (χ0v) is 21.2. The molecular weight excluding hydrogens is 492 g/mol. The number of aliphatic hydroxyl groups is 1. The van der Waals surface area contributed by atoms with E-state index < -0.39 is 21.1 Å². The summed E-state index contributed by atoms with van der Waals surface area (Å²) in [4.78, 5) is 32.7. The fourth-order valence-electron chi connectivity index (χ4n) is 4.08. The monoisotopic (exact) mass is 521 g/mol. The summed E-state index contributed by atoms with van der Waals surface area (Å²) >= 11 is 0. The summed E-state index contributed by atoms with van der Waals surface area (Å²) in [5.74, 6) is 0.907. The predicted molar refractivity (Wildman–Crippen MR) is 133 cm³/mol. The number of anilines is 3. The second-order valence-electron chi connectivity index (χ2n) is 9.04. The first-order chi connectivity index (χ1) is 16.5. The van der Waals surface area contributed by atoms with E-state index in [0.717, 1.165) is 25.7 Å². The summed E-state index contributed by atoms with van der Waals surface area (Å²) in [6.45, 7) is 4.06. The molecule has 0 saturated heterocycles. The van der Waals surface area contributed by atoms with Crippen molar-refractivity contribution in [2.45, 2.75) is 62.7 Å². The van der Waals surface area contributed by atoms with Crippen LogP contribution in [0.5, 0.6) is 0 Å². The highest BCUT2D eigenvalue weighted by Gasteiger charge is 2.48. The summed E-state index contributed by atoms with van der Waals surface area (Å²) in [6, 6.07) is 6.16. The first-order valence-electron chi connectivity index (χ1n) is 11.3. The van der Waals surface area contributed by atoms with E-state index in [4.69, 9.17) is 10.7 Å². The van der Waals surface area contributed by atoms with Crippen LogP contribution in [-0.2, 0) is 14.2 Å². The maximum Gasteiger partial charge on any atom is 0.373 e. The van der Waals surface area contributed by atoms with Crippen LogP contribution < -0.4 is 16.4 Å². The molecule has 1 aromatic carbocycles. The summed E-state index contributed by atoms with van der Waals surface area (Å²) in [6.07, 6.45) is 5.43. The summed E-state index contributed by atoms with van der Waals surface area (Å²) < 4.78 is 25.0. The lowest BCUT2D eigenvalue weighted by atomic mass is 9.92. The van der Waals surface area contributed by atoms with Gasteiger partial charge in [-0.2, -0.15) is 9.97 Å². The SMILES string of the molecule is CC(C)n1cnc2c(Nc3ccc(C(O)(P=O)P(=O)(O)O)cc3)nc(NC3CCC(N)CC3)nc21. The van der Waals surface area contributed by atoms with E-state index in [-0.39, 0.29) is 23.7 Å². The Labute approximate surface area is 203 Å². The predicted octanol–water partition coefficient (Wildman–Crippen LogP) is 3.40. The molecule has 2 aromatic heterocycles. The van der Waals surface area contributed by atoms with Crippen molar-refractivity contribution in [3.63, 3.8) is 0 Å². The van der Waals surface area contributed by atoms with Gasteiger partial charge in [0.15, 0.2) is 17.0 Å². The van der Waals surface area contributed by atoms with Crippen molar-refractivity contribution in [1.29, 1.82) is 0 Å². The number of hydrogen-bond donors (Lipinski definition) is 6. The number of aromatic nitrogens is 4. The molecule has 7 N–H and O–H groups in total. The molecule has 1 aliphatic rings. The fraction of sp³-hybridized carbons (Fsp3) is 0.476. The van der Waals surface area contributed by atoms with E-state index in [1.54, 1.807) is 6.33 Å². The number of imidazole rings is 1. The second-order valence-corrected chi connectivity index (χ2v) is 12.0. The minimum atomic E-state index is -5.10. The van der Waals surface area contributed by atoms with Gasteiger partial charge in [-0.15, -0.1) is 0 Å². The Bertz CT molecular complexity index is 1250. The van der Waals surface area contributed by atoms with Crippen molar-refractivity contribution >= 4 is 44.7 Å². The lowest BCUT2D eigenvalue weighted by Crippen LogP contribution is -2.33. The van der Waals surface area contributed by atoms with Crippen molar-refractivity contribution < 1.29 is 24.0 Å². The molecule has 35 heavy (non-hydrogen) atoms. The number of rotatable bonds is 8. The van der Waals surface area contributed by atoms with Gasteiger partial charge in [0.25, 0.3) is 5.08 Å². The van der Waals surface area contributed by atoms with Crippen molar-refractivity contribution in [1.82, 2.24) is 19.5 Å². The zero-order chi connectivity index (χ0) is 25.4. The third-order valence-electron chi connectivity index (χ3n) is 6.15. The van der Waals surface area contributed by atoms with Crippen molar-refractivity contribution in [3.05, 3.63) is 36.2 Å². The fourth-order valence-corrected chi connectivity index (χ4v) is 5.25. The van der Waals surface area contributed by atoms with Crippen LogP contribution in [-0.4, -0.2) is 46.5 Å². The smallest absolute Gasteiger partial charge is 0.364 e. The van der Waals surface area contributed by atoms with Crippen molar-refractivity contribution in [2.24, 2.45) is 5.73 Å². The molecule has 1 atom stereocenters. The molecular formula is C21H29N7O5P2. The van der Waals surface area contributed by atoms with Gasteiger partial charge in [-0.25, -0.2) is 4.98 Å². The van der Waals surface area contributed by atoms with Crippen LogP contribution in [0.15, 0.2) is 30.6 Å². The topological polar surface area (TPSA) is 189 Å². The molecule has 4 rings (SSSR count). The largest absolute Gasteiger partial charge is 0.373 e. The van der Waals surface area contributed by atoms with Crippen molar-refractivity contribution in [2.75, 3.05) is 10.6 Å². The minimum absolute atomic E-state index is 0.124. The van der Waals surface area contributed by atoms with E-state index in [9.17, 15) is 24.0 Å². The highest BCUT2D eigenvalue weighted by molar-refractivity contribution is 7.62. The third kappa shape index (κ3) is 5.23. The number of nitrogens with zero attached hydrogens (tertiary/aromatic N) is 4. The van der Waals surface area contributed by atoms with E-state index in [1.165, 1.54) is 24.3 Å². The molecule has 0 bridgehead atoms. The van der Waals surface area contributed by atoms with E-state index in [1.807, 2.05) is 18.4 Å². The first-order valence-corrected chi connectivity index (χ1v) is 13.7. The number of nitrogens with two attached hydrogens (primary N) is 1. The van der Waals surface area contributed by atoms with Gasteiger partial charge in [0.1, 0.15) is 0 Å². The Kier molecular flexibility index (Phi) is 7.24. The Morgan fingerprint density at radius 1 is 1.17 bits per heavy atom. The molecule has 14 heteroatoms. The van der Waals surface area contributed by atoms with Crippen LogP contribution >= 0.6 is 16.1 Å². The van der Waals surface area contributed by atoms with Gasteiger partial charge in [-0.3, -0.25) is 9.13 Å².